The molecule has 0 saturated carbocycles. The Hall–Kier alpha value is -4.13. The van der Waals surface area contributed by atoms with Crippen LogP contribution < -0.4 is 5.32 Å². The van der Waals surface area contributed by atoms with Crippen molar-refractivity contribution in [2.75, 3.05) is 18.4 Å². The summed E-state index contributed by atoms with van der Waals surface area (Å²) in [5.41, 5.74) is 4.61. The molecular weight excluding hydrogens is 422 g/mol. The number of amides is 1. The van der Waals surface area contributed by atoms with Crippen LogP contribution in [0.2, 0.25) is 0 Å². The zero-order valence-corrected chi connectivity index (χ0v) is 18.5. The number of fused-ring (bicyclic) bond motifs is 2. The number of benzene rings is 1. The third-order valence-electron chi connectivity index (χ3n) is 5.69. The number of aromatic nitrogens is 4. The third-order valence-corrected chi connectivity index (χ3v) is 5.69. The van der Waals surface area contributed by atoms with Crippen molar-refractivity contribution in [3.8, 4) is 0 Å². The van der Waals surface area contributed by atoms with Gasteiger partial charge in [-0.25, -0.2) is 14.3 Å². The standard InChI is InChI=1S/C23H23N7O3/c1-23(2,3)32-22(31)30-10-8-13(9-11-30)18-20(24-4)17(15-12-25-27-21(15)26-18)14-6-5-7-16-19(14)29-33-28-16/h5-8,12,17H,9-11H2,1-3H3,(H2,25,26,27). The topological polar surface area (TPSA) is 114 Å². The fraction of sp³-hybridized carbons (Fsp3) is 0.348. The molecule has 33 heavy (non-hydrogen) atoms. The monoisotopic (exact) mass is 445 g/mol. The number of allylic oxidation sites excluding steroid dienone is 2. The number of hydrogen-bond acceptors (Lipinski definition) is 7. The van der Waals surface area contributed by atoms with Crippen LogP contribution in [0.5, 0.6) is 0 Å². The van der Waals surface area contributed by atoms with E-state index in [2.05, 4.69) is 30.7 Å². The number of ether oxygens (including phenoxy) is 1. The molecule has 2 aliphatic rings. The molecule has 0 aliphatic carbocycles. The van der Waals surface area contributed by atoms with Gasteiger partial charge in [0.05, 0.1) is 18.7 Å². The molecule has 1 unspecified atom stereocenters. The zero-order valence-electron chi connectivity index (χ0n) is 18.5. The summed E-state index contributed by atoms with van der Waals surface area (Å²) in [7, 11) is 0. The van der Waals surface area contributed by atoms with Crippen molar-refractivity contribution >= 4 is 22.9 Å². The summed E-state index contributed by atoms with van der Waals surface area (Å²) in [6.07, 6.45) is 3.94. The molecule has 4 heterocycles. The minimum absolute atomic E-state index is 0.340. The van der Waals surface area contributed by atoms with Gasteiger partial charge in [-0.3, -0.25) is 5.10 Å². The summed E-state index contributed by atoms with van der Waals surface area (Å²) in [6.45, 7) is 14.5. The number of aromatic amines is 1. The van der Waals surface area contributed by atoms with Gasteiger partial charge in [-0.1, -0.05) is 18.2 Å². The van der Waals surface area contributed by atoms with Gasteiger partial charge in [0.25, 0.3) is 0 Å². The SMILES string of the molecule is [C-]#[N+]C1=C(C2=CCN(C(=O)OC(C)(C)C)CC2)Nc2[nH]ncc2C1c1cccc2nonc12. The van der Waals surface area contributed by atoms with Gasteiger partial charge >= 0.3 is 6.09 Å². The minimum Gasteiger partial charge on any atom is -0.444 e. The number of hydrogen-bond donors (Lipinski definition) is 2. The molecule has 0 saturated heterocycles. The van der Waals surface area contributed by atoms with Crippen LogP contribution in [0.25, 0.3) is 15.9 Å². The van der Waals surface area contributed by atoms with Crippen molar-refractivity contribution in [2.24, 2.45) is 0 Å². The molecule has 2 aromatic heterocycles. The average molecular weight is 445 g/mol. The molecule has 0 fully saturated rings. The highest BCUT2D eigenvalue weighted by molar-refractivity contribution is 5.81. The second-order valence-electron chi connectivity index (χ2n) is 9.02. The van der Waals surface area contributed by atoms with Crippen molar-refractivity contribution in [1.29, 1.82) is 0 Å². The van der Waals surface area contributed by atoms with E-state index in [1.807, 2.05) is 45.0 Å². The first-order valence-corrected chi connectivity index (χ1v) is 10.7. The lowest BCUT2D eigenvalue weighted by Crippen LogP contribution is -2.39. The Morgan fingerprint density at radius 3 is 2.88 bits per heavy atom. The van der Waals surface area contributed by atoms with E-state index in [0.29, 0.717) is 36.2 Å². The summed E-state index contributed by atoms with van der Waals surface area (Å²) in [4.78, 5) is 18.0. The highest BCUT2D eigenvalue weighted by Crippen LogP contribution is 2.45. The Kier molecular flexibility index (Phi) is 4.89. The fourth-order valence-electron chi connectivity index (χ4n) is 4.22. The molecule has 10 nitrogen and oxygen atoms in total. The maximum absolute atomic E-state index is 12.4. The Morgan fingerprint density at radius 1 is 1.30 bits per heavy atom. The van der Waals surface area contributed by atoms with Gasteiger partial charge < -0.3 is 15.0 Å². The van der Waals surface area contributed by atoms with Crippen LogP contribution in [0.3, 0.4) is 0 Å². The first-order valence-electron chi connectivity index (χ1n) is 10.7. The maximum Gasteiger partial charge on any atom is 0.410 e. The molecule has 0 bridgehead atoms. The lowest BCUT2D eigenvalue weighted by atomic mass is 9.84. The molecule has 1 amide bonds. The van der Waals surface area contributed by atoms with Crippen molar-refractivity contribution in [3.63, 3.8) is 0 Å². The van der Waals surface area contributed by atoms with Crippen molar-refractivity contribution in [2.45, 2.75) is 38.7 Å². The van der Waals surface area contributed by atoms with Gasteiger partial charge in [-0.2, -0.15) is 5.10 Å². The summed E-state index contributed by atoms with van der Waals surface area (Å²) in [5, 5.41) is 18.6. The highest BCUT2D eigenvalue weighted by atomic mass is 16.6. The van der Waals surface area contributed by atoms with Crippen LogP contribution in [0.15, 0.2) is 52.1 Å². The summed E-state index contributed by atoms with van der Waals surface area (Å²) >= 11 is 0. The van der Waals surface area contributed by atoms with Crippen molar-refractivity contribution in [1.82, 2.24) is 25.4 Å². The number of rotatable bonds is 2. The molecule has 0 spiro atoms. The first kappa shape index (κ1) is 20.8. The predicted molar refractivity (Wildman–Crippen MR) is 120 cm³/mol. The number of carbonyl (C=O) groups is 1. The fourth-order valence-corrected chi connectivity index (χ4v) is 4.22. The number of nitrogens with zero attached hydrogens (tertiary/aromatic N) is 5. The summed E-state index contributed by atoms with van der Waals surface area (Å²) in [5.74, 6) is 0.346. The normalized spacial score (nSPS) is 18.4. The van der Waals surface area contributed by atoms with Crippen LogP contribution in [-0.4, -0.2) is 50.2 Å². The average Bonchev–Trinajstić information content (AvgIpc) is 3.46. The molecule has 3 aromatic rings. The van der Waals surface area contributed by atoms with E-state index in [9.17, 15) is 4.79 Å². The Balaban J connectivity index is 1.53. The zero-order chi connectivity index (χ0) is 23.2. The van der Waals surface area contributed by atoms with Crippen LogP contribution in [-0.2, 0) is 4.74 Å². The first-order chi connectivity index (χ1) is 15.9. The Labute approximate surface area is 190 Å². The van der Waals surface area contributed by atoms with Crippen LogP contribution in [0.4, 0.5) is 10.6 Å². The van der Waals surface area contributed by atoms with Gasteiger partial charge in [-0.15, -0.1) is 0 Å². The molecule has 10 heteroatoms. The van der Waals surface area contributed by atoms with E-state index in [4.69, 9.17) is 15.9 Å². The van der Waals surface area contributed by atoms with E-state index < -0.39 is 5.60 Å². The van der Waals surface area contributed by atoms with Gasteiger partial charge in [0.15, 0.2) is 5.70 Å². The molecule has 2 N–H and O–H groups in total. The summed E-state index contributed by atoms with van der Waals surface area (Å²) in [6, 6.07) is 5.63. The van der Waals surface area contributed by atoms with E-state index in [0.717, 1.165) is 28.2 Å². The second-order valence-corrected chi connectivity index (χ2v) is 9.02. The van der Waals surface area contributed by atoms with E-state index in [1.54, 1.807) is 11.1 Å². The summed E-state index contributed by atoms with van der Waals surface area (Å²) < 4.78 is 10.4. The molecule has 1 atom stereocenters. The Bertz CT molecular complexity index is 1340. The maximum atomic E-state index is 12.4. The van der Waals surface area contributed by atoms with E-state index >= 15 is 0 Å². The molecule has 168 valence electrons. The van der Waals surface area contributed by atoms with E-state index in [1.165, 1.54) is 0 Å². The number of carbonyl (C=O) groups excluding carboxylic acids is 1. The van der Waals surface area contributed by atoms with Gasteiger partial charge in [-0.05, 0) is 54.7 Å². The third kappa shape index (κ3) is 3.71. The van der Waals surface area contributed by atoms with Gasteiger partial charge in [0.2, 0.25) is 0 Å². The lowest BCUT2D eigenvalue weighted by Gasteiger charge is -2.32. The smallest absolute Gasteiger partial charge is 0.410 e. The molecule has 1 aromatic carbocycles. The number of anilines is 1. The van der Waals surface area contributed by atoms with Crippen LogP contribution in [0, 0.1) is 6.57 Å². The predicted octanol–water partition coefficient (Wildman–Crippen LogP) is 4.20. The van der Waals surface area contributed by atoms with Crippen LogP contribution >= 0.6 is 0 Å². The molecule has 0 radical (unpaired) electrons. The molecular formula is C23H23N7O3. The number of H-pyrrole nitrogens is 1. The van der Waals surface area contributed by atoms with Gasteiger partial charge in [0, 0.05) is 24.4 Å². The minimum atomic E-state index is -0.549. The Morgan fingerprint density at radius 2 is 2.15 bits per heavy atom. The van der Waals surface area contributed by atoms with Crippen molar-refractivity contribution in [3.05, 3.63) is 70.0 Å². The second kappa shape index (κ2) is 7.78. The quantitative estimate of drug-likeness (QED) is 0.568. The highest BCUT2D eigenvalue weighted by Gasteiger charge is 2.35. The van der Waals surface area contributed by atoms with E-state index in [-0.39, 0.29) is 12.0 Å². The number of nitrogens with one attached hydrogen (secondary N) is 2. The molecule has 2 aliphatic heterocycles. The molecule has 5 rings (SSSR count). The largest absolute Gasteiger partial charge is 0.444 e. The van der Waals surface area contributed by atoms with Crippen LogP contribution in [0.1, 0.15) is 44.2 Å². The van der Waals surface area contributed by atoms with Gasteiger partial charge in [0.1, 0.15) is 22.5 Å². The lowest BCUT2D eigenvalue weighted by molar-refractivity contribution is 0.0266. The van der Waals surface area contributed by atoms with Crippen molar-refractivity contribution < 1.29 is 14.2 Å².